The van der Waals surface area contributed by atoms with Gasteiger partial charge in [-0.15, -0.1) is 0 Å². The van der Waals surface area contributed by atoms with Gasteiger partial charge in [0.2, 0.25) is 5.89 Å². The molecule has 186 valence electrons. The van der Waals surface area contributed by atoms with E-state index < -0.39 is 5.63 Å². The molecule has 0 spiro atoms. The van der Waals surface area contributed by atoms with E-state index in [9.17, 15) is 9.59 Å². The smallest absolute Gasteiger partial charge is 0.344 e. The van der Waals surface area contributed by atoms with Crippen LogP contribution in [0.15, 0.2) is 98.6 Å². The molecule has 0 aliphatic heterocycles. The van der Waals surface area contributed by atoms with E-state index in [1.807, 2.05) is 37.3 Å². The molecule has 0 saturated carbocycles. The van der Waals surface area contributed by atoms with Gasteiger partial charge in [-0.2, -0.15) is 0 Å². The number of oxazole rings is 1. The molecule has 6 rings (SSSR count). The lowest BCUT2D eigenvalue weighted by atomic mass is 10.0. The summed E-state index contributed by atoms with van der Waals surface area (Å²) in [6.45, 7) is 1.89. The number of anilines is 1. The number of carbonyl (C=O) groups excluding carboxylic acids is 1. The lowest BCUT2D eigenvalue weighted by Gasteiger charge is -2.10. The quantitative estimate of drug-likeness (QED) is 0.228. The Bertz CT molecular complexity index is 1920. The van der Waals surface area contributed by atoms with Crippen molar-refractivity contribution in [3.05, 3.63) is 117 Å². The summed E-state index contributed by atoms with van der Waals surface area (Å²) >= 11 is 12.3. The lowest BCUT2D eigenvalue weighted by Crippen LogP contribution is -2.13. The minimum Gasteiger partial charge on any atom is -0.435 e. The Kier molecular flexibility index (Phi) is 5.98. The summed E-state index contributed by atoms with van der Waals surface area (Å²) in [5, 5.41) is 4.61. The fourth-order valence-electron chi connectivity index (χ4n) is 4.23. The summed E-state index contributed by atoms with van der Waals surface area (Å²) in [5.74, 6) is 0.0629. The largest absolute Gasteiger partial charge is 0.435 e. The summed E-state index contributed by atoms with van der Waals surface area (Å²) in [6.07, 6.45) is 0. The van der Waals surface area contributed by atoms with E-state index in [4.69, 9.17) is 32.0 Å². The van der Waals surface area contributed by atoms with Gasteiger partial charge in [-0.1, -0.05) is 59.6 Å². The Balaban J connectivity index is 1.26. The number of fused-ring (bicyclic) bond motifs is 2. The van der Waals surface area contributed by atoms with Gasteiger partial charge in [-0.3, -0.25) is 4.79 Å². The predicted octanol–water partition coefficient (Wildman–Crippen LogP) is 8.14. The first-order valence-corrected chi connectivity index (χ1v) is 12.4. The first kappa shape index (κ1) is 24.0. The zero-order valence-electron chi connectivity index (χ0n) is 19.9. The highest BCUT2D eigenvalue weighted by Gasteiger charge is 2.15. The summed E-state index contributed by atoms with van der Waals surface area (Å²) in [4.78, 5) is 30.1. The summed E-state index contributed by atoms with van der Waals surface area (Å²) in [5.41, 5.74) is 4.76. The molecule has 0 unspecified atom stereocenters. The van der Waals surface area contributed by atoms with Gasteiger partial charge in [0.15, 0.2) is 5.58 Å². The molecule has 0 fully saturated rings. The Morgan fingerprint density at radius 3 is 2.45 bits per heavy atom. The van der Waals surface area contributed by atoms with Crippen LogP contribution in [0.25, 0.3) is 44.7 Å². The van der Waals surface area contributed by atoms with E-state index >= 15 is 0 Å². The standard InChI is InChI=1S/C30H18Cl2N2O4/c1-16-6-7-20(29-34-25-15-21(31)14-23(32)27(25)38-29)13-24(16)33-28(35)18-10-8-17(9-11-18)22-12-19-4-2-3-5-26(19)37-30(22)36/h2-15H,1H3,(H,33,35). The van der Waals surface area contributed by atoms with Crippen molar-refractivity contribution < 1.29 is 13.6 Å². The van der Waals surface area contributed by atoms with E-state index in [1.165, 1.54) is 0 Å². The van der Waals surface area contributed by atoms with Crippen LogP contribution < -0.4 is 10.9 Å². The van der Waals surface area contributed by atoms with Crippen molar-refractivity contribution in [3.63, 3.8) is 0 Å². The monoisotopic (exact) mass is 540 g/mol. The number of hydrogen-bond acceptors (Lipinski definition) is 5. The zero-order valence-corrected chi connectivity index (χ0v) is 21.4. The maximum absolute atomic E-state index is 13.1. The van der Waals surface area contributed by atoms with Crippen LogP contribution in [0.3, 0.4) is 0 Å². The molecule has 1 amide bonds. The Morgan fingerprint density at radius 2 is 1.63 bits per heavy atom. The number of aryl methyl sites for hydroxylation is 1. The number of carbonyl (C=O) groups is 1. The lowest BCUT2D eigenvalue weighted by molar-refractivity contribution is 0.102. The molecule has 4 aromatic carbocycles. The van der Waals surface area contributed by atoms with Gasteiger partial charge < -0.3 is 14.2 Å². The number of benzene rings is 4. The van der Waals surface area contributed by atoms with Crippen molar-refractivity contribution in [2.24, 2.45) is 0 Å². The highest BCUT2D eigenvalue weighted by atomic mass is 35.5. The molecule has 2 aromatic heterocycles. The van der Waals surface area contributed by atoms with Crippen LogP contribution in [0, 0.1) is 6.92 Å². The SMILES string of the molecule is Cc1ccc(-c2nc3cc(Cl)cc(Cl)c3o2)cc1NC(=O)c1ccc(-c2cc3ccccc3oc2=O)cc1. The molecule has 2 heterocycles. The fraction of sp³-hybridized carbons (Fsp3) is 0.0333. The second-order valence-corrected chi connectivity index (χ2v) is 9.65. The number of aromatic nitrogens is 1. The van der Waals surface area contributed by atoms with Gasteiger partial charge in [-0.25, -0.2) is 9.78 Å². The first-order valence-electron chi connectivity index (χ1n) is 11.7. The maximum Gasteiger partial charge on any atom is 0.344 e. The number of nitrogens with zero attached hydrogens (tertiary/aromatic N) is 1. The maximum atomic E-state index is 13.1. The number of nitrogens with one attached hydrogen (secondary N) is 1. The molecule has 0 aliphatic rings. The van der Waals surface area contributed by atoms with Crippen molar-refractivity contribution in [3.8, 4) is 22.6 Å². The van der Waals surface area contributed by atoms with Crippen LogP contribution in [-0.4, -0.2) is 10.9 Å². The third kappa shape index (κ3) is 4.45. The van der Waals surface area contributed by atoms with Crippen LogP contribution >= 0.6 is 23.2 Å². The molecule has 0 saturated heterocycles. The first-order chi connectivity index (χ1) is 18.4. The Labute approximate surface area is 226 Å². The third-order valence-corrected chi connectivity index (χ3v) is 6.74. The Hall–Kier alpha value is -4.39. The molecule has 8 heteroatoms. The number of rotatable bonds is 4. The fourth-order valence-corrected chi connectivity index (χ4v) is 4.75. The molecule has 0 radical (unpaired) electrons. The average molecular weight is 541 g/mol. The summed E-state index contributed by atoms with van der Waals surface area (Å²) in [6, 6.07) is 24.7. The highest BCUT2D eigenvalue weighted by molar-refractivity contribution is 6.38. The van der Waals surface area contributed by atoms with Crippen LogP contribution in [0.1, 0.15) is 15.9 Å². The van der Waals surface area contributed by atoms with Crippen molar-refractivity contribution in [1.29, 1.82) is 0 Å². The minimum atomic E-state index is -0.434. The van der Waals surface area contributed by atoms with Gasteiger partial charge in [0.25, 0.3) is 5.91 Å². The minimum absolute atomic E-state index is 0.297. The van der Waals surface area contributed by atoms with Gasteiger partial charge in [0.1, 0.15) is 11.1 Å². The second-order valence-electron chi connectivity index (χ2n) is 8.80. The normalized spacial score (nSPS) is 11.2. The summed E-state index contributed by atoms with van der Waals surface area (Å²) < 4.78 is 11.3. The molecule has 0 aliphatic carbocycles. The highest BCUT2D eigenvalue weighted by Crippen LogP contribution is 2.33. The van der Waals surface area contributed by atoms with E-state index in [2.05, 4.69) is 10.3 Å². The van der Waals surface area contributed by atoms with E-state index in [0.717, 1.165) is 10.9 Å². The van der Waals surface area contributed by atoms with E-state index in [-0.39, 0.29) is 5.91 Å². The van der Waals surface area contributed by atoms with Crippen LogP contribution in [0.2, 0.25) is 10.0 Å². The van der Waals surface area contributed by atoms with Crippen LogP contribution in [0.4, 0.5) is 5.69 Å². The van der Waals surface area contributed by atoms with Crippen molar-refractivity contribution >= 4 is 56.9 Å². The van der Waals surface area contributed by atoms with Crippen molar-refractivity contribution in [2.45, 2.75) is 6.92 Å². The van der Waals surface area contributed by atoms with Gasteiger partial charge in [0, 0.05) is 27.2 Å². The van der Waals surface area contributed by atoms with E-state index in [1.54, 1.807) is 54.6 Å². The summed E-state index contributed by atoms with van der Waals surface area (Å²) in [7, 11) is 0. The number of hydrogen-bond donors (Lipinski definition) is 1. The van der Waals surface area contributed by atoms with Gasteiger partial charge in [-0.05, 0) is 66.6 Å². The van der Waals surface area contributed by atoms with Gasteiger partial charge >= 0.3 is 5.63 Å². The van der Waals surface area contributed by atoms with Crippen molar-refractivity contribution in [1.82, 2.24) is 4.98 Å². The molecule has 38 heavy (non-hydrogen) atoms. The predicted molar refractivity (Wildman–Crippen MR) is 150 cm³/mol. The molecule has 6 aromatic rings. The zero-order chi connectivity index (χ0) is 26.4. The van der Waals surface area contributed by atoms with Gasteiger partial charge in [0.05, 0.1) is 10.6 Å². The van der Waals surface area contributed by atoms with Crippen molar-refractivity contribution in [2.75, 3.05) is 5.32 Å². The number of para-hydroxylation sites is 1. The molecule has 0 bridgehead atoms. The second kappa shape index (κ2) is 9.49. The molecular weight excluding hydrogens is 523 g/mol. The molecule has 0 atom stereocenters. The Morgan fingerprint density at radius 1 is 0.868 bits per heavy atom. The van der Waals surface area contributed by atoms with Crippen LogP contribution in [-0.2, 0) is 0 Å². The average Bonchev–Trinajstić information content (AvgIpc) is 3.34. The van der Waals surface area contributed by atoms with E-state index in [0.29, 0.717) is 60.6 Å². The molecule has 1 N–H and O–H groups in total. The topological polar surface area (TPSA) is 85.3 Å². The van der Waals surface area contributed by atoms with Crippen LogP contribution in [0.5, 0.6) is 0 Å². The molecular formula is C30H18Cl2N2O4. The number of amides is 1. The third-order valence-electron chi connectivity index (χ3n) is 6.24. The molecule has 6 nitrogen and oxygen atoms in total. The number of halogens is 2.